The van der Waals surface area contributed by atoms with Gasteiger partial charge in [0.1, 0.15) is 6.61 Å². The van der Waals surface area contributed by atoms with Crippen LogP contribution in [0.25, 0.3) is 0 Å². The highest BCUT2D eigenvalue weighted by atomic mass is 79.9. The molecule has 170 valence electrons. The van der Waals surface area contributed by atoms with Crippen molar-refractivity contribution in [3.63, 3.8) is 0 Å². The molecule has 3 rings (SSSR count). The van der Waals surface area contributed by atoms with Crippen LogP contribution < -0.4 is 14.9 Å². The Morgan fingerprint density at radius 3 is 2.39 bits per heavy atom. The molecule has 10 heteroatoms. The molecule has 3 aromatic carbocycles. The van der Waals surface area contributed by atoms with Gasteiger partial charge >= 0.3 is 0 Å². The smallest absolute Gasteiger partial charge is 0.269 e. The normalized spacial score (nSPS) is 10.8. The van der Waals surface area contributed by atoms with Gasteiger partial charge in [0.15, 0.2) is 11.5 Å². The Bertz CT molecular complexity index is 1170. The van der Waals surface area contributed by atoms with Gasteiger partial charge in [-0.05, 0) is 69.0 Å². The van der Waals surface area contributed by atoms with E-state index in [1.54, 1.807) is 24.3 Å². The summed E-state index contributed by atoms with van der Waals surface area (Å²) in [4.78, 5) is 22.4. The fourth-order valence-corrected chi connectivity index (χ4v) is 3.67. The van der Waals surface area contributed by atoms with Crippen LogP contribution in [0.2, 0.25) is 0 Å². The number of nitrogens with zero attached hydrogens (tertiary/aromatic N) is 2. The third-order valence-corrected chi connectivity index (χ3v) is 5.58. The fraction of sp³-hybridized carbons (Fsp3) is 0.130. The van der Waals surface area contributed by atoms with Gasteiger partial charge in [-0.25, -0.2) is 5.43 Å². The lowest BCUT2D eigenvalue weighted by atomic mass is 10.1. The molecule has 0 unspecified atom stereocenters. The van der Waals surface area contributed by atoms with Crippen molar-refractivity contribution in [2.75, 3.05) is 7.11 Å². The number of halogens is 2. The molecule has 0 saturated carbocycles. The number of benzene rings is 3. The lowest BCUT2D eigenvalue weighted by Crippen LogP contribution is -2.19. The van der Waals surface area contributed by atoms with E-state index in [0.717, 1.165) is 15.6 Å². The van der Waals surface area contributed by atoms with Crippen molar-refractivity contribution in [1.82, 2.24) is 5.43 Å². The molecule has 0 aromatic heterocycles. The number of non-ortho nitro benzene ring substituents is 1. The van der Waals surface area contributed by atoms with E-state index in [2.05, 4.69) is 42.4 Å². The zero-order valence-electron chi connectivity index (χ0n) is 17.5. The first-order chi connectivity index (χ1) is 15.9. The first-order valence-electron chi connectivity index (χ1n) is 9.65. The highest BCUT2D eigenvalue weighted by Crippen LogP contribution is 2.37. The zero-order valence-corrected chi connectivity index (χ0v) is 20.6. The highest BCUT2D eigenvalue weighted by Gasteiger charge is 2.12. The van der Waals surface area contributed by atoms with Gasteiger partial charge < -0.3 is 9.47 Å². The molecule has 0 heterocycles. The maximum absolute atomic E-state index is 12.1. The first kappa shape index (κ1) is 24.4. The molecule has 0 saturated heterocycles. The van der Waals surface area contributed by atoms with Gasteiger partial charge in [-0.2, -0.15) is 5.10 Å². The van der Waals surface area contributed by atoms with Crippen molar-refractivity contribution in [3.8, 4) is 11.5 Å². The van der Waals surface area contributed by atoms with Crippen molar-refractivity contribution < 1.29 is 19.2 Å². The van der Waals surface area contributed by atoms with Crippen LogP contribution in [-0.2, 0) is 17.8 Å². The Labute approximate surface area is 207 Å². The molecule has 0 atom stereocenters. The number of hydrazone groups is 1. The minimum atomic E-state index is -0.451. The molecule has 0 aliphatic heterocycles. The Balaban J connectivity index is 1.62. The summed E-state index contributed by atoms with van der Waals surface area (Å²) in [6.07, 6.45) is 1.72. The summed E-state index contributed by atoms with van der Waals surface area (Å²) >= 11 is 6.83. The van der Waals surface area contributed by atoms with Gasteiger partial charge in [-0.3, -0.25) is 14.9 Å². The van der Waals surface area contributed by atoms with Gasteiger partial charge in [0.05, 0.1) is 29.1 Å². The SMILES string of the molecule is COc1cc(/C=N/NC(=O)Cc2ccc(Br)cc2)cc(Br)c1OCc1ccc([N+](=O)[O-])cc1. The number of methoxy groups -OCH3 is 1. The quantitative estimate of drug-likeness (QED) is 0.209. The van der Waals surface area contributed by atoms with Crippen LogP contribution >= 0.6 is 31.9 Å². The summed E-state index contributed by atoms with van der Waals surface area (Å²) in [5.74, 6) is 0.712. The van der Waals surface area contributed by atoms with Crippen molar-refractivity contribution in [3.05, 3.63) is 96.4 Å². The summed E-state index contributed by atoms with van der Waals surface area (Å²) in [5.41, 5.74) is 4.86. The van der Waals surface area contributed by atoms with E-state index < -0.39 is 4.92 Å². The Morgan fingerprint density at radius 2 is 1.76 bits per heavy atom. The summed E-state index contributed by atoms with van der Waals surface area (Å²) in [6.45, 7) is 0.201. The van der Waals surface area contributed by atoms with Gasteiger partial charge in [0.2, 0.25) is 5.91 Å². The number of carbonyl (C=O) groups excluding carboxylic acids is 1. The predicted octanol–water partition coefficient (Wildman–Crippen LogP) is 5.40. The number of rotatable bonds is 9. The van der Waals surface area contributed by atoms with E-state index in [1.807, 2.05) is 24.3 Å². The fourth-order valence-electron chi connectivity index (χ4n) is 2.83. The molecule has 0 aliphatic carbocycles. The molecular formula is C23H19Br2N3O5. The van der Waals surface area contributed by atoms with Crippen molar-refractivity contribution >= 4 is 49.7 Å². The van der Waals surface area contributed by atoms with Crippen LogP contribution in [0.15, 0.2) is 74.7 Å². The molecule has 33 heavy (non-hydrogen) atoms. The van der Waals surface area contributed by atoms with Crippen molar-refractivity contribution in [2.24, 2.45) is 5.10 Å². The van der Waals surface area contributed by atoms with Crippen LogP contribution in [-0.4, -0.2) is 24.2 Å². The topological polar surface area (TPSA) is 103 Å². The second-order valence-electron chi connectivity index (χ2n) is 6.84. The Kier molecular flexibility index (Phi) is 8.56. The minimum Gasteiger partial charge on any atom is -0.493 e. The van der Waals surface area contributed by atoms with Crippen LogP contribution in [0.5, 0.6) is 11.5 Å². The number of carbonyl (C=O) groups is 1. The number of amides is 1. The number of ether oxygens (including phenoxy) is 2. The summed E-state index contributed by atoms with van der Waals surface area (Å²) in [5, 5.41) is 14.8. The monoisotopic (exact) mass is 575 g/mol. The molecule has 0 aliphatic rings. The number of hydrogen-bond acceptors (Lipinski definition) is 6. The van der Waals surface area contributed by atoms with E-state index in [4.69, 9.17) is 9.47 Å². The predicted molar refractivity (Wildman–Crippen MR) is 132 cm³/mol. The van der Waals surface area contributed by atoms with E-state index in [0.29, 0.717) is 21.5 Å². The van der Waals surface area contributed by atoms with Crippen LogP contribution in [0, 0.1) is 10.1 Å². The molecule has 3 aromatic rings. The van der Waals surface area contributed by atoms with Gasteiger partial charge in [0.25, 0.3) is 5.69 Å². The molecule has 1 amide bonds. The third-order valence-electron chi connectivity index (χ3n) is 4.46. The number of nitro benzene ring substituents is 1. The second kappa shape index (κ2) is 11.6. The molecule has 8 nitrogen and oxygen atoms in total. The van der Waals surface area contributed by atoms with E-state index in [9.17, 15) is 14.9 Å². The lowest BCUT2D eigenvalue weighted by Gasteiger charge is -2.13. The average molecular weight is 577 g/mol. The maximum Gasteiger partial charge on any atom is 0.269 e. The van der Waals surface area contributed by atoms with Gasteiger partial charge in [0, 0.05) is 16.6 Å². The number of nitro groups is 1. The largest absolute Gasteiger partial charge is 0.493 e. The van der Waals surface area contributed by atoms with Crippen LogP contribution in [0.1, 0.15) is 16.7 Å². The third kappa shape index (κ3) is 7.13. The highest BCUT2D eigenvalue weighted by molar-refractivity contribution is 9.10. The van der Waals surface area contributed by atoms with Gasteiger partial charge in [-0.15, -0.1) is 0 Å². The second-order valence-corrected chi connectivity index (χ2v) is 8.61. The standard InChI is InChI=1S/C23H19Br2N3O5/c1-32-21-11-17(13-26-27-22(29)12-15-2-6-18(24)7-3-15)10-20(25)23(21)33-14-16-4-8-19(9-5-16)28(30)31/h2-11,13H,12,14H2,1H3,(H,27,29)/b26-13+. The molecule has 0 radical (unpaired) electrons. The molecule has 0 spiro atoms. The molecule has 1 N–H and O–H groups in total. The maximum atomic E-state index is 12.1. The number of hydrogen-bond donors (Lipinski definition) is 1. The first-order valence-corrected chi connectivity index (χ1v) is 11.2. The molecular weight excluding hydrogens is 558 g/mol. The van der Waals surface area contributed by atoms with Crippen molar-refractivity contribution in [1.29, 1.82) is 0 Å². The number of nitrogens with one attached hydrogen (secondary N) is 1. The molecule has 0 bridgehead atoms. The average Bonchev–Trinajstić information content (AvgIpc) is 2.80. The van der Waals surface area contributed by atoms with Crippen LogP contribution in [0.3, 0.4) is 0 Å². The zero-order chi connectivity index (χ0) is 23.8. The van der Waals surface area contributed by atoms with Crippen molar-refractivity contribution in [2.45, 2.75) is 13.0 Å². The van der Waals surface area contributed by atoms with Gasteiger partial charge in [-0.1, -0.05) is 28.1 Å². The van der Waals surface area contributed by atoms with Crippen LogP contribution in [0.4, 0.5) is 5.69 Å². The Hall–Kier alpha value is -3.24. The lowest BCUT2D eigenvalue weighted by molar-refractivity contribution is -0.384. The molecule has 0 fully saturated rings. The summed E-state index contributed by atoms with van der Waals surface area (Å²) in [7, 11) is 1.52. The van der Waals surface area contributed by atoms with E-state index in [-0.39, 0.29) is 24.6 Å². The Morgan fingerprint density at radius 1 is 1.09 bits per heavy atom. The summed E-state index contributed by atoms with van der Waals surface area (Å²) in [6, 6.07) is 17.1. The van der Waals surface area contributed by atoms with E-state index in [1.165, 1.54) is 25.5 Å². The summed E-state index contributed by atoms with van der Waals surface area (Å²) < 4.78 is 12.9. The van der Waals surface area contributed by atoms with E-state index >= 15 is 0 Å². The minimum absolute atomic E-state index is 0.0186.